The number of nitriles is 1. The van der Waals surface area contributed by atoms with E-state index in [0.29, 0.717) is 52.5 Å². The van der Waals surface area contributed by atoms with Gasteiger partial charge in [0.15, 0.2) is 0 Å². The number of pyridine rings is 2. The Hall–Kier alpha value is -5.15. The normalized spacial score (nSPS) is 22.8. The minimum Gasteiger partial charge on any atom is -0.388 e. The summed E-state index contributed by atoms with van der Waals surface area (Å²) in [4.78, 5) is 38.4. The first-order chi connectivity index (χ1) is 23.4. The molecule has 0 radical (unpaired) electrons. The fourth-order valence-electron chi connectivity index (χ4n) is 8.37. The number of amides is 1. The molecule has 1 aromatic carbocycles. The van der Waals surface area contributed by atoms with Gasteiger partial charge in [-0.2, -0.15) is 5.26 Å². The molecule has 0 spiro atoms. The number of hydrogen-bond donors (Lipinski definition) is 1. The third-order valence-corrected chi connectivity index (χ3v) is 10.9. The van der Waals surface area contributed by atoms with Crippen LogP contribution in [0.5, 0.6) is 0 Å². The molecule has 12 heteroatoms. The largest absolute Gasteiger partial charge is 0.434 e. The van der Waals surface area contributed by atoms with Gasteiger partial charge in [-0.15, -0.1) is 5.10 Å². The third kappa shape index (κ3) is 4.59. The van der Waals surface area contributed by atoms with Gasteiger partial charge in [-0.25, -0.2) is 19.3 Å². The van der Waals surface area contributed by atoms with Crippen molar-refractivity contribution in [2.75, 3.05) is 13.2 Å². The highest BCUT2D eigenvalue weighted by molar-refractivity contribution is 6.08. The van der Waals surface area contributed by atoms with Crippen molar-refractivity contribution in [3.05, 3.63) is 87.2 Å². The number of nitrogens with one attached hydrogen (secondary N) is 1. The van der Waals surface area contributed by atoms with E-state index in [2.05, 4.69) is 10.2 Å². The molecule has 1 amide bonds. The van der Waals surface area contributed by atoms with Crippen molar-refractivity contribution in [2.45, 2.75) is 70.1 Å². The average Bonchev–Trinajstić information content (AvgIpc) is 3.91. The van der Waals surface area contributed by atoms with Crippen LogP contribution in [0.4, 0.5) is 4.39 Å². The predicted molar refractivity (Wildman–Crippen MR) is 171 cm³/mol. The number of ether oxygens (including phenoxy) is 1. The average molecular weight is 646 g/mol. The molecule has 1 N–H and O–H groups in total. The molecule has 3 saturated heterocycles. The Kier molecular flexibility index (Phi) is 6.62. The Morgan fingerprint density at radius 1 is 1.10 bits per heavy atom. The second kappa shape index (κ2) is 11.0. The van der Waals surface area contributed by atoms with Crippen LogP contribution >= 0.6 is 0 Å². The van der Waals surface area contributed by atoms with Gasteiger partial charge in [0.05, 0.1) is 59.4 Å². The number of halogens is 1. The molecule has 4 aliphatic heterocycles. The number of carbonyl (C=O) groups is 1. The van der Waals surface area contributed by atoms with E-state index in [1.807, 2.05) is 33.9 Å². The molecule has 11 nitrogen and oxygen atoms in total. The minimum atomic E-state index is -0.687. The number of aryl methyl sites for hydroxylation is 1. The fourth-order valence-corrected chi connectivity index (χ4v) is 8.37. The number of hydrogen-bond acceptors (Lipinski definition) is 8. The van der Waals surface area contributed by atoms with Crippen LogP contribution < -0.4 is 5.76 Å². The van der Waals surface area contributed by atoms with Crippen molar-refractivity contribution in [1.82, 2.24) is 29.6 Å². The van der Waals surface area contributed by atoms with Crippen molar-refractivity contribution < 1.29 is 18.3 Å². The van der Waals surface area contributed by atoms with Gasteiger partial charge in [0.25, 0.3) is 11.8 Å². The van der Waals surface area contributed by atoms with Crippen molar-refractivity contribution in [1.29, 1.82) is 5.26 Å². The van der Waals surface area contributed by atoms with Gasteiger partial charge in [-0.05, 0) is 81.0 Å². The standard InChI is InChI=1S/C36H32FN7O4/c37-25-14-20(16-38)3-4-22(25)18-43-13-8-21-15-23(17-39-32(21)43)28-29(33-41-42-35(46)48-33)26(7-11-36-9-5-24(6-10-36)47-19-36)40-31-27-2-1-12-44(27)34(45)30(28)31/h3-4,8,13-15,17,24,27H,1-2,5-7,9-12,18-19H2,(H,42,46). The first-order valence-electron chi connectivity index (χ1n) is 16.6. The summed E-state index contributed by atoms with van der Waals surface area (Å²) in [5.74, 6) is -1.14. The summed E-state index contributed by atoms with van der Waals surface area (Å²) in [6.07, 6.45) is 11.5. The van der Waals surface area contributed by atoms with Crippen LogP contribution in [-0.4, -0.2) is 54.8 Å². The van der Waals surface area contributed by atoms with Crippen LogP contribution in [0.2, 0.25) is 0 Å². The lowest BCUT2D eigenvalue weighted by Crippen LogP contribution is -2.42. The Morgan fingerprint density at radius 2 is 1.98 bits per heavy atom. The third-order valence-electron chi connectivity index (χ3n) is 10.9. The van der Waals surface area contributed by atoms with E-state index >= 15 is 0 Å². The molecule has 242 valence electrons. The number of benzene rings is 1. The smallest absolute Gasteiger partial charge is 0.388 e. The first kappa shape index (κ1) is 29.0. The lowest BCUT2D eigenvalue weighted by Gasteiger charge is -2.46. The second-order valence-electron chi connectivity index (χ2n) is 13.7. The van der Waals surface area contributed by atoms with Gasteiger partial charge in [-0.1, -0.05) is 6.07 Å². The summed E-state index contributed by atoms with van der Waals surface area (Å²) in [7, 11) is 0. The summed E-state index contributed by atoms with van der Waals surface area (Å²) in [5, 5.41) is 16.6. The Bertz CT molecular complexity index is 2210. The highest BCUT2D eigenvalue weighted by Crippen LogP contribution is 2.50. The van der Waals surface area contributed by atoms with Gasteiger partial charge in [0.1, 0.15) is 11.5 Å². The topological polar surface area (TPSA) is 143 Å². The van der Waals surface area contributed by atoms with E-state index in [9.17, 15) is 14.0 Å². The molecule has 8 heterocycles. The molecule has 4 fully saturated rings. The highest BCUT2D eigenvalue weighted by atomic mass is 19.1. The quantitative estimate of drug-likeness (QED) is 0.238. The van der Waals surface area contributed by atoms with Crippen LogP contribution in [-0.2, 0) is 17.7 Å². The van der Waals surface area contributed by atoms with Crippen LogP contribution in [0.25, 0.3) is 33.6 Å². The van der Waals surface area contributed by atoms with Crippen molar-refractivity contribution >= 4 is 16.9 Å². The lowest BCUT2D eigenvalue weighted by atomic mass is 9.68. The van der Waals surface area contributed by atoms with E-state index in [-0.39, 0.29) is 35.4 Å². The molecule has 1 saturated carbocycles. The van der Waals surface area contributed by atoms with Crippen LogP contribution in [0.15, 0.2) is 51.9 Å². The number of rotatable bonds is 7. The fraction of sp³-hybridized carbons (Fsp3) is 0.389. The zero-order valence-electron chi connectivity index (χ0n) is 26.2. The summed E-state index contributed by atoms with van der Waals surface area (Å²) in [6, 6.07) is 10.2. The zero-order chi connectivity index (χ0) is 32.6. The molecule has 48 heavy (non-hydrogen) atoms. The maximum Gasteiger partial charge on any atom is 0.434 e. The second-order valence-corrected chi connectivity index (χ2v) is 13.7. The molecule has 1 unspecified atom stereocenters. The maximum absolute atomic E-state index is 14.8. The predicted octanol–water partition coefficient (Wildman–Crippen LogP) is 5.68. The summed E-state index contributed by atoms with van der Waals surface area (Å²) in [5.41, 5.74) is 5.26. The lowest BCUT2D eigenvalue weighted by molar-refractivity contribution is -0.117. The maximum atomic E-state index is 14.8. The monoisotopic (exact) mass is 645 g/mol. The number of aromatic nitrogens is 5. The SMILES string of the molecule is N#Cc1ccc(Cn2ccc3cc(-c4c5c(nc(CCC67CCC(CC6)OC7)c4-c4n[nH]c(=O)o4)C4CCCN4C5=O)cnc32)c(F)c1. The van der Waals surface area contributed by atoms with Gasteiger partial charge in [0.2, 0.25) is 0 Å². The molecule has 4 aromatic heterocycles. The van der Waals surface area contributed by atoms with E-state index < -0.39 is 11.6 Å². The molecule has 1 atom stereocenters. The number of fused-ring (bicyclic) bond motifs is 7. The highest BCUT2D eigenvalue weighted by Gasteiger charge is 2.46. The van der Waals surface area contributed by atoms with E-state index in [1.165, 1.54) is 6.07 Å². The minimum absolute atomic E-state index is 0.0757. The van der Waals surface area contributed by atoms with Gasteiger partial charge in [-0.3, -0.25) is 9.78 Å². The molecule has 5 aliphatic rings. The summed E-state index contributed by atoms with van der Waals surface area (Å²) >= 11 is 0. The van der Waals surface area contributed by atoms with Gasteiger partial charge < -0.3 is 18.6 Å². The van der Waals surface area contributed by atoms with Crippen molar-refractivity contribution in [2.24, 2.45) is 5.41 Å². The molecule has 10 rings (SSSR count). The molecule has 2 bridgehead atoms. The van der Waals surface area contributed by atoms with E-state index in [1.54, 1.807) is 18.3 Å². The number of carbonyl (C=O) groups excluding carboxylic acids is 1. The van der Waals surface area contributed by atoms with E-state index in [4.69, 9.17) is 24.4 Å². The number of H-pyrrole nitrogens is 1. The zero-order valence-corrected chi connectivity index (χ0v) is 26.2. The Labute approximate surface area is 274 Å². The first-order valence-corrected chi connectivity index (χ1v) is 16.6. The summed E-state index contributed by atoms with van der Waals surface area (Å²) in [6.45, 7) is 1.63. The number of nitrogens with zero attached hydrogens (tertiary/aromatic N) is 6. The molecule has 5 aromatic rings. The molecular formula is C36H32FN7O4. The van der Waals surface area contributed by atoms with Crippen LogP contribution in [0.3, 0.4) is 0 Å². The Morgan fingerprint density at radius 3 is 2.73 bits per heavy atom. The van der Waals surface area contributed by atoms with Crippen molar-refractivity contribution in [3.8, 4) is 28.7 Å². The van der Waals surface area contributed by atoms with Gasteiger partial charge >= 0.3 is 5.76 Å². The van der Waals surface area contributed by atoms with E-state index in [0.717, 1.165) is 68.3 Å². The molecule has 1 aliphatic carbocycles. The summed E-state index contributed by atoms with van der Waals surface area (Å²) < 4.78 is 28.4. The van der Waals surface area contributed by atoms with Gasteiger partial charge in [0, 0.05) is 41.0 Å². The van der Waals surface area contributed by atoms with Crippen LogP contribution in [0.1, 0.15) is 83.9 Å². The van der Waals surface area contributed by atoms with Crippen LogP contribution in [0, 0.1) is 22.6 Å². The Balaban J connectivity index is 1.18. The van der Waals surface area contributed by atoms with Crippen molar-refractivity contribution in [3.63, 3.8) is 0 Å². The molecular weight excluding hydrogens is 613 g/mol. The number of aromatic amines is 1.